The van der Waals surface area contributed by atoms with Crippen LogP contribution in [0.4, 0.5) is 5.69 Å². The number of ketones is 2. The minimum Gasteiger partial charge on any atom is -0.497 e. The van der Waals surface area contributed by atoms with Crippen LogP contribution in [0.5, 0.6) is 11.5 Å². The number of nitrogens with one attached hydrogen (secondary N) is 4. The molecule has 0 aliphatic carbocycles. The third kappa shape index (κ3) is 21.2. The first kappa shape index (κ1) is 95.3. The standard InChI is InChI=1S/C23H26N2O7S2.2C14H20N2O4S.C13H19N3O5S2.C13H17N3O5S.CH4/c1-17(26)19-3-7-21(8-4-19)33(28,29)24-13-11-23(12-14-24)25(15-16-32-23)34(30,31)22-9-5-20(6-10-22)18(2)27;1-19-12-2-4-13(5-3-12)21(17,18)16-9-6-14(7-10-16)15-8-11-20-14;1-19-12-2-4-13(5-3-12)21(17,18)16-10-11-20-14(16)6-8-15-9-7-14;14-22(17,18)11-1-3-12(4-2-11)23(19,20)16-8-5-13(6-9-16)15-7-10-21-13;17-16(18)11-1-3-12(4-2-11)22(19,20)15-8-5-13(6-9-15)14-7-10-21-13;/h3-10H,11-16H2,1-2H3;2*2-5,15H,6-11H2,1H3;1-4,15H,5-10H2,(H2,14,17,18);1-4,14H,5-10H2;1H4. The Hall–Kier alpha value is -7.33. The van der Waals surface area contributed by atoms with Crippen molar-refractivity contribution in [3.8, 4) is 11.5 Å². The molecule has 10 aliphatic heterocycles. The average molecular weight is 1840 g/mol. The zero-order valence-corrected chi connectivity index (χ0v) is 73.1. The fraction of sp³-hybridized carbons (Fsp3) is 0.513. The second-order valence-electron chi connectivity index (χ2n) is 30.2. The molecule has 37 nitrogen and oxygen atoms in total. The predicted octanol–water partition coefficient (Wildman–Crippen LogP) is 4.65. The van der Waals surface area contributed by atoms with Gasteiger partial charge in [-0.2, -0.15) is 25.8 Å². The van der Waals surface area contributed by atoms with E-state index < -0.39 is 92.3 Å². The van der Waals surface area contributed by atoms with Crippen LogP contribution in [0, 0.1) is 10.1 Å². The second kappa shape index (κ2) is 38.9. The first-order valence-corrected chi connectivity index (χ1v) is 49.6. The molecule has 0 radical (unpaired) electrons. The largest absolute Gasteiger partial charge is 0.497 e. The molecule has 44 heteroatoms. The van der Waals surface area contributed by atoms with Crippen molar-refractivity contribution in [2.24, 2.45) is 5.14 Å². The number of hydrogen-bond donors (Lipinski definition) is 5. The highest BCUT2D eigenvalue weighted by Crippen LogP contribution is 2.42. The Labute approximate surface area is 713 Å². The zero-order valence-electron chi connectivity index (χ0n) is 67.3. The molecule has 10 heterocycles. The normalized spacial score (nSPS) is 21.4. The maximum absolute atomic E-state index is 13.4. The summed E-state index contributed by atoms with van der Waals surface area (Å²) in [4.78, 5) is 33.8. The lowest BCUT2D eigenvalue weighted by molar-refractivity contribution is -0.384. The summed E-state index contributed by atoms with van der Waals surface area (Å²) < 4.78 is 224. The first-order chi connectivity index (χ1) is 57.3. The molecule has 6 aromatic rings. The minimum absolute atomic E-state index is 0. The Kier molecular flexibility index (Phi) is 30.4. The van der Waals surface area contributed by atoms with Crippen LogP contribution in [0.2, 0.25) is 0 Å². The van der Waals surface area contributed by atoms with Gasteiger partial charge < -0.3 is 38.5 Å². The maximum Gasteiger partial charge on any atom is 0.269 e. The molecule has 670 valence electrons. The van der Waals surface area contributed by atoms with Crippen molar-refractivity contribution in [3.05, 3.63) is 167 Å². The molecule has 5 spiro atoms. The molecule has 10 fully saturated rings. The number of rotatable bonds is 18. The third-order valence-electron chi connectivity index (χ3n) is 23.1. The summed E-state index contributed by atoms with van der Waals surface area (Å²) in [5.74, 6) is 0.979. The number of primary sulfonamides is 1. The van der Waals surface area contributed by atoms with E-state index in [0.717, 1.165) is 32.7 Å². The van der Waals surface area contributed by atoms with Crippen molar-refractivity contribution in [1.82, 2.24) is 47.1 Å². The van der Waals surface area contributed by atoms with Crippen LogP contribution in [0.3, 0.4) is 0 Å². The van der Waals surface area contributed by atoms with Gasteiger partial charge in [0.05, 0.1) is 86.4 Å². The van der Waals surface area contributed by atoms with Crippen LogP contribution in [0.25, 0.3) is 0 Å². The molecule has 10 aliphatic rings. The Bertz CT molecular complexity index is 5480. The predicted molar refractivity (Wildman–Crippen MR) is 446 cm³/mol. The van der Waals surface area contributed by atoms with E-state index in [9.17, 15) is 78.6 Å². The molecule has 6 N–H and O–H groups in total. The number of piperidine rings is 5. The van der Waals surface area contributed by atoms with Crippen molar-refractivity contribution < 1.29 is 107 Å². The molecular weight excluding hydrogens is 1730 g/mol. The van der Waals surface area contributed by atoms with E-state index in [-0.39, 0.29) is 105 Å². The number of nitro benzene ring substituents is 1. The fourth-order valence-electron chi connectivity index (χ4n) is 16.1. The summed E-state index contributed by atoms with van der Waals surface area (Å²) >= 11 is 0. The highest BCUT2D eigenvalue weighted by Gasteiger charge is 2.53. The number of nitrogens with two attached hydrogens (primary N) is 1. The number of ether oxygens (including phenoxy) is 7. The van der Waals surface area contributed by atoms with Crippen LogP contribution in [-0.2, 0) is 93.8 Å². The van der Waals surface area contributed by atoms with Crippen LogP contribution < -0.4 is 35.9 Å². The van der Waals surface area contributed by atoms with Gasteiger partial charge in [0.15, 0.2) is 11.6 Å². The topological polar surface area (TPSA) is 474 Å². The van der Waals surface area contributed by atoms with Crippen LogP contribution >= 0.6 is 0 Å². The van der Waals surface area contributed by atoms with Gasteiger partial charge >= 0.3 is 0 Å². The summed E-state index contributed by atoms with van der Waals surface area (Å²) in [7, 11) is -22.7. The van der Waals surface area contributed by atoms with E-state index >= 15 is 0 Å². The van der Waals surface area contributed by atoms with Crippen LogP contribution in [-0.4, -0.2) is 275 Å². The van der Waals surface area contributed by atoms with Gasteiger partial charge in [-0.1, -0.05) is 31.7 Å². The minimum atomic E-state index is -3.91. The summed E-state index contributed by atoms with van der Waals surface area (Å²) in [6.45, 7) is 12.6. The third-order valence-corrected chi connectivity index (χ3v) is 35.6. The molecule has 16 rings (SSSR count). The monoisotopic (exact) mass is 1830 g/mol. The van der Waals surface area contributed by atoms with E-state index in [2.05, 4.69) is 21.3 Å². The van der Waals surface area contributed by atoms with Crippen molar-refractivity contribution in [2.45, 2.75) is 148 Å². The number of Topliss-reactive ketones (excluding diaryl/α,β-unsaturated/α-hetero) is 2. The Morgan fingerprint density at radius 1 is 0.361 bits per heavy atom. The van der Waals surface area contributed by atoms with Crippen LogP contribution in [0.1, 0.15) is 106 Å². The Morgan fingerprint density at radius 3 is 0.893 bits per heavy atom. The SMILES string of the molecule is C.CC(=O)c1ccc(S(=O)(=O)N2CCC3(CC2)OCCN3S(=O)(=O)c2ccc(C(C)=O)cc2)cc1.COc1ccc(S(=O)(=O)N2CCC3(CC2)NCCO3)cc1.COc1ccc(S(=O)(=O)N2CCOC23CCNCC3)cc1.NS(=O)(=O)c1ccc(S(=O)(=O)N2CCC3(CC2)NCCO3)cc1.O=[N+]([O-])c1ccc(S(=O)(=O)N2CCC3(CC2)NCCO3)cc1. The van der Waals surface area contributed by atoms with Gasteiger partial charge in [0.1, 0.15) is 40.1 Å². The highest BCUT2D eigenvalue weighted by molar-refractivity contribution is 7.91. The van der Waals surface area contributed by atoms with E-state index in [0.29, 0.717) is 151 Å². The average Bonchev–Trinajstić information content (AvgIpc) is 1.57. The zero-order chi connectivity index (χ0) is 87.1. The lowest BCUT2D eigenvalue weighted by Crippen LogP contribution is -2.55. The van der Waals surface area contributed by atoms with Crippen molar-refractivity contribution in [3.63, 3.8) is 0 Å². The summed E-state index contributed by atoms with van der Waals surface area (Å²) in [6.07, 6.45) is 5.46. The Morgan fingerprint density at radius 2 is 0.623 bits per heavy atom. The molecule has 0 atom stereocenters. The first-order valence-electron chi connectivity index (χ1n) is 39.4. The number of nitrogens with zero attached hydrogens (tertiary/aromatic N) is 7. The van der Waals surface area contributed by atoms with Gasteiger partial charge in [-0.15, -0.1) is 0 Å². The molecule has 0 unspecified atom stereocenters. The van der Waals surface area contributed by atoms with Gasteiger partial charge in [-0.05, 0) is 136 Å². The van der Waals surface area contributed by atoms with Gasteiger partial charge in [0.2, 0.25) is 70.2 Å². The number of hydrogen-bond acceptors (Lipinski definition) is 29. The lowest BCUT2D eigenvalue weighted by Gasteiger charge is -2.42. The molecule has 0 aromatic heterocycles. The summed E-state index contributed by atoms with van der Waals surface area (Å²) in [5, 5.41) is 28.8. The van der Waals surface area contributed by atoms with E-state index in [4.69, 9.17) is 38.3 Å². The number of carbonyl (C=O) groups excluding carboxylic acids is 2. The van der Waals surface area contributed by atoms with E-state index in [1.165, 1.54) is 137 Å². The van der Waals surface area contributed by atoms with Crippen molar-refractivity contribution in [2.75, 3.05) is 145 Å². The molecule has 6 aromatic carbocycles. The van der Waals surface area contributed by atoms with Gasteiger partial charge in [0, 0.05) is 173 Å². The number of sulfonamides is 7. The summed E-state index contributed by atoms with van der Waals surface area (Å²) in [5.41, 5.74) is -2.18. The maximum atomic E-state index is 13.4. The van der Waals surface area contributed by atoms with Crippen molar-refractivity contribution in [1.29, 1.82) is 0 Å². The number of nitro groups is 1. The van der Waals surface area contributed by atoms with Crippen molar-refractivity contribution >= 4 is 87.4 Å². The van der Waals surface area contributed by atoms with Gasteiger partial charge in [-0.3, -0.25) is 35.7 Å². The quantitative estimate of drug-likeness (QED) is 0.0444. The van der Waals surface area contributed by atoms with Gasteiger partial charge in [0.25, 0.3) is 5.69 Å². The number of carbonyl (C=O) groups is 2. The van der Waals surface area contributed by atoms with E-state index in [1.54, 1.807) is 62.8 Å². The number of benzene rings is 6. The summed E-state index contributed by atoms with van der Waals surface area (Å²) in [6, 6.07) is 34.5. The number of methoxy groups -OCH3 is 2. The van der Waals surface area contributed by atoms with E-state index in [1.807, 2.05) is 0 Å². The van der Waals surface area contributed by atoms with Gasteiger partial charge in [-0.25, -0.2) is 64.1 Å². The molecule has 0 bridgehead atoms. The Balaban J connectivity index is 0.000000151. The molecule has 0 saturated carbocycles. The molecule has 122 heavy (non-hydrogen) atoms. The highest BCUT2D eigenvalue weighted by atomic mass is 32.2. The smallest absolute Gasteiger partial charge is 0.269 e. The van der Waals surface area contributed by atoms with Crippen LogP contribution in [0.15, 0.2) is 180 Å². The number of non-ortho nitro benzene ring substituents is 1. The molecule has 0 amide bonds. The second-order valence-corrected chi connectivity index (χ2v) is 43.2. The molecular formula is C78H106N12O25S7. The molecule has 10 saturated heterocycles. The fourth-order valence-corrected chi connectivity index (χ4v) is 25.8. The lowest BCUT2D eigenvalue weighted by atomic mass is 10.0.